The van der Waals surface area contributed by atoms with Crippen molar-refractivity contribution in [3.05, 3.63) is 96.9 Å². The van der Waals surface area contributed by atoms with E-state index in [0.29, 0.717) is 0 Å². The fourth-order valence-corrected chi connectivity index (χ4v) is 3.03. The van der Waals surface area contributed by atoms with Crippen LogP contribution in [-0.4, -0.2) is 4.57 Å². The summed E-state index contributed by atoms with van der Waals surface area (Å²) in [6.07, 6.45) is 12.7. The van der Waals surface area contributed by atoms with E-state index in [1.54, 1.807) is 0 Å². The van der Waals surface area contributed by atoms with Crippen LogP contribution in [0.2, 0.25) is 0 Å². The van der Waals surface area contributed by atoms with Crippen molar-refractivity contribution in [2.75, 3.05) is 0 Å². The van der Waals surface area contributed by atoms with Crippen molar-refractivity contribution >= 4 is 38.6 Å². The Hall–Kier alpha value is -1.47. The normalized spacial score (nSPS) is 12.0. The quantitative estimate of drug-likeness (QED) is 0.252. The number of allylic oxidation sites excluding steroid dienone is 4. The zero-order valence-corrected chi connectivity index (χ0v) is 19.0. The van der Waals surface area contributed by atoms with Crippen molar-refractivity contribution in [2.24, 2.45) is 0 Å². The van der Waals surface area contributed by atoms with Gasteiger partial charge in [0.15, 0.2) is 0 Å². The molecule has 1 aromatic heterocycles. The molecule has 0 aliphatic heterocycles. The molecule has 0 unspecified atom stereocenters. The predicted octanol–water partition coefficient (Wildman–Crippen LogP) is 7.57. The van der Waals surface area contributed by atoms with Crippen LogP contribution in [0, 0.1) is 6.08 Å². The topological polar surface area (TPSA) is 4.93 Å². The zero-order chi connectivity index (χ0) is 19.1. The van der Waals surface area contributed by atoms with Crippen LogP contribution in [-0.2, 0) is 20.8 Å². The van der Waals surface area contributed by atoms with Gasteiger partial charge in [-0.2, -0.15) is 6.08 Å². The van der Waals surface area contributed by atoms with Gasteiger partial charge in [0, 0.05) is 12.4 Å². The van der Waals surface area contributed by atoms with Crippen molar-refractivity contribution in [1.29, 1.82) is 0 Å². The molecule has 0 fully saturated rings. The monoisotopic (exact) mass is 469 g/mol. The molecule has 0 spiro atoms. The van der Waals surface area contributed by atoms with Crippen molar-refractivity contribution < 1.29 is 20.8 Å². The smallest absolute Gasteiger partial charge is 0.0149 e. The summed E-state index contributed by atoms with van der Waals surface area (Å²) in [5.41, 5.74) is 2.50. The Morgan fingerprint density at radius 2 is 1.56 bits per heavy atom. The first kappa shape index (κ1) is 20.3. The molecule has 0 amide bonds. The fourth-order valence-electron chi connectivity index (χ4n) is 3.03. The Kier molecular flexibility index (Phi) is 7.64. The van der Waals surface area contributed by atoms with Gasteiger partial charge in [0.05, 0.1) is 0 Å². The van der Waals surface area contributed by atoms with Gasteiger partial charge in [0.2, 0.25) is 0 Å². The molecule has 0 atom stereocenters. The third-order valence-electron chi connectivity index (χ3n) is 4.32. The Morgan fingerprint density at radius 1 is 0.963 bits per heavy atom. The number of fused-ring (bicyclic) bond motifs is 2. The van der Waals surface area contributed by atoms with E-state index in [1.165, 1.54) is 32.8 Å². The Morgan fingerprint density at radius 3 is 2.04 bits per heavy atom. The molecule has 3 aromatic carbocycles. The maximum atomic E-state index is 4.93. The van der Waals surface area contributed by atoms with Crippen LogP contribution in [0.1, 0.15) is 13.3 Å². The van der Waals surface area contributed by atoms with Crippen LogP contribution in [0.25, 0.3) is 27.2 Å². The minimum Gasteiger partial charge on any atom is -0.341 e. The van der Waals surface area contributed by atoms with Gasteiger partial charge in [-0.25, -0.2) is 11.6 Å². The van der Waals surface area contributed by atoms with Crippen LogP contribution in [0.15, 0.2) is 90.8 Å². The van der Waals surface area contributed by atoms with E-state index >= 15 is 0 Å². The second kappa shape index (κ2) is 10.2. The van der Waals surface area contributed by atoms with E-state index in [9.17, 15) is 0 Å². The Labute approximate surface area is 178 Å². The summed E-state index contributed by atoms with van der Waals surface area (Å²) in [7, 11) is 9.87. The van der Waals surface area contributed by atoms with E-state index in [2.05, 4.69) is 103 Å². The molecule has 1 aliphatic carbocycles. The zero-order valence-electron chi connectivity index (χ0n) is 15.0. The van der Waals surface area contributed by atoms with E-state index < -0.39 is 20.8 Å². The number of hydrogen-bond acceptors (Lipinski definition) is 0. The van der Waals surface area contributed by atoms with Crippen LogP contribution >= 0.6 is 17.0 Å². The van der Waals surface area contributed by atoms with Crippen molar-refractivity contribution in [3.63, 3.8) is 0 Å². The molecule has 0 saturated carbocycles. The first-order chi connectivity index (χ1) is 13.2. The van der Waals surface area contributed by atoms with Gasteiger partial charge in [-0.05, 0) is 16.5 Å². The summed E-state index contributed by atoms with van der Waals surface area (Å²) in [6.45, 7) is 2.06. The second-order valence-corrected chi connectivity index (χ2v) is 9.91. The SMILES string of the molecule is CC1=[C-]CC=C1.[Cl][Zr+2][Cl].c1ccc2cn(-c3cc4ccccc4[cH-]3)cc2c1. The van der Waals surface area contributed by atoms with Gasteiger partial charge in [0.1, 0.15) is 0 Å². The number of nitrogens with zero attached hydrogens (tertiary/aromatic N) is 1. The Balaban J connectivity index is 0.000000196. The average Bonchev–Trinajstić information content (AvgIpc) is 3.41. The number of hydrogen-bond donors (Lipinski definition) is 0. The van der Waals surface area contributed by atoms with Gasteiger partial charge in [-0.3, -0.25) is 6.08 Å². The minimum absolute atomic E-state index is 0.826. The molecule has 0 saturated heterocycles. The summed E-state index contributed by atoms with van der Waals surface area (Å²) in [4.78, 5) is 0. The molecule has 0 radical (unpaired) electrons. The standard InChI is InChI=1S/C17H12N.C6H7.2ClH.Zr/c1-2-6-14-10-17(9-13(14)5-1)18-11-15-7-3-4-8-16(15)12-18;1-6-4-2-3-5-6;;;/h1-12H;2,4H,3H2,1H3;2*1H;/q2*-1;;;+4/p-2. The molecular formula is C23H19Cl2NZr. The molecule has 27 heavy (non-hydrogen) atoms. The first-order valence-electron chi connectivity index (χ1n) is 8.64. The molecular weight excluding hydrogens is 452 g/mol. The fraction of sp³-hybridized carbons (Fsp3) is 0.0870. The molecule has 0 N–H and O–H groups in total. The third-order valence-corrected chi connectivity index (χ3v) is 4.32. The summed E-state index contributed by atoms with van der Waals surface area (Å²) in [5, 5.41) is 5.15. The third kappa shape index (κ3) is 5.51. The van der Waals surface area contributed by atoms with Crippen LogP contribution in [0.5, 0.6) is 0 Å². The largest absolute Gasteiger partial charge is 0.341 e. The van der Waals surface area contributed by atoms with Gasteiger partial charge in [-0.15, -0.1) is 47.5 Å². The van der Waals surface area contributed by atoms with Crippen LogP contribution in [0.4, 0.5) is 0 Å². The first-order valence-corrected chi connectivity index (χ1v) is 15.0. The molecule has 4 aromatic rings. The molecule has 5 rings (SSSR count). The van der Waals surface area contributed by atoms with Crippen LogP contribution < -0.4 is 0 Å². The van der Waals surface area contributed by atoms with Crippen molar-refractivity contribution in [1.82, 2.24) is 4.57 Å². The van der Waals surface area contributed by atoms with Gasteiger partial charge >= 0.3 is 37.9 Å². The maximum absolute atomic E-state index is 4.93. The molecule has 1 nitrogen and oxygen atoms in total. The minimum atomic E-state index is -0.826. The summed E-state index contributed by atoms with van der Waals surface area (Å²) < 4.78 is 2.20. The number of aromatic nitrogens is 1. The van der Waals surface area contributed by atoms with E-state index in [0.717, 1.165) is 6.42 Å². The number of benzene rings is 2. The molecule has 134 valence electrons. The van der Waals surface area contributed by atoms with E-state index in [1.807, 2.05) is 0 Å². The van der Waals surface area contributed by atoms with Crippen molar-refractivity contribution in [2.45, 2.75) is 13.3 Å². The molecule has 1 heterocycles. The van der Waals surface area contributed by atoms with E-state index in [-0.39, 0.29) is 0 Å². The predicted molar refractivity (Wildman–Crippen MR) is 114 cm³/mol. The Bertz CT molecular complexity index is 931. The molecule has 0 bridgehead atoms. The van der Waals surface area contributed by atoms with Gasteiger partial charge in [0.25, 0.3) is 0 Å². The van der Waals surface area contributed by atoms with Gasteiger partial charge < -0.3 is 4.57 Å². The van der Waals surface area contributed by atoms with E-state index in [4.69, 9.17) is 17.0 Å². The van der Waals surface area contributed by atoms with Crippen molar-refractivity contribution in [3.8, 4) is 5.69 Å². The maximum Gasteiger partial charge on any atom is 0.0149 e. The summed E-state index contributed by atoms with van der Waals surface area (Å²) in [5.74, 6) is 0. The molecule has 1 aliphatic rings. The number of halogens is 2. The molecule has 4 heteroatoms. The van der Waals surface area contributed by atoms with Crippen LogP contribution in [0.3, 0.4) is 0 Å². The second-order valence-electron chi connectivity index (χ2n) is 6.17. The average molecular weight is 472 g/mol. The van der Waals surface area contributed by atoms with Gasteiger partial charge in [-0.1, -0.05) is 37.3 Å². The number of rotatable bonds is 1. The summed E-state index contributed by atoms with van der Waals surface area (Å²) >= 11 is -0.826. The summed E-state index contributed by atoms with van der Waals surface area (Å²) in [6, 6.07) is 21.4.